The second kappa shape index (κ2) is 4.67. The number of likely N-dealkylation sites (tertiary alicyclic amines) is 1. The van der Waals surface area contributed by atoms with Gasteiger partial charge in [0.05, 0.1) is 5.56 Å². The first-order valence-corrected chi connectivity index (χ1v) is 7.33. The van der Waals surface area contributed by atoms with E-state index in [0.717, 1.165) is 30.6 Å². The Kier molecular flexibility index (Phi) is 3.13. The monoisotopic (exact) mass is 261 g/mol. The minimum atomic E-state index is 0.174. The summed E-state index contributed by atoms with van der Waals surface area (Å²) in [5, 5.41) is 0. The molecule has 0 radical (unpaired) electrons. The molecule has 4 nitrogen and oxygen atoms in total. The molecule has 0 aromatic carbocycles. The second-order valence-corrected chi connectivity index (χ2v) is 5.92. The highest BCUT2D eigenvalue weighted by molar-refractivity contribution is 5.96. The van der Waals surface area contributed by atoms with Crippen molar-refractivity contribution < 1.29 is 4.79 Å². The number of carbonyl (C=O) groups is 1. The van der Waals surface area contributed by atoms with E-state index >= 15 is 0 Å². The van der Waals surface area contributed by atoms with Gasteiger partial charge in [-0.3, -0.25) is 4.79 Å². The zero-order valence-electron chi connectivity index (χ0n) is 11.9. The van der Waals surface area contributed by atoms with E-state index in [-0.39, 0.29) is 11.9 Å². The van der Waals surface area contributed by atoms with Crippen molar-refractivity contribution in [2.75, 3.05) is 13.1 Å². The van der Waals surface area contributed by atoms with Crippen molar-refractivity contribution in [3.63, 3.8) is 0 Å². The fourth-order valence-electron chi connectivity index (χ4n) is 3.39. The van der Waals surface area contributed by atoms with Gasteiger partial charge in [0.15, 0.2) is 0 Å². The summed E-state index contributed by atoms with van der Waals surface area (Å²) in [6, 6.07) is 2.92. The summed E-state index contributed by atoms with van der Waals surface area (Å²) < 4.78 is 2.33. The van der Waals surface area contributed by atoms with Crippen molar-refractivity contribution in [1.82, 2.24) is 9.47 Å². The van der Waals surface area contributed by atoms with Crippen LogP contribution in [0.3, 0.4) is 0 Å². The Morgan fingerprint density at radius 3 is 2.74 bits per heavy atom. The Morgan fingerprint density at radius 1 is 1.37 bits per heavy atom. The third-order valence-corrected chi connectivity index (χ3v) is 4.54. The quantitative estimate of drug-likeness (QED) is 0.905. The molecular weight excluding hydrogens is 238 g/mol. The van der Waals surface area contributed by atoms with Crippen LogP contribution in [0.15, 0.2) is 6.07 Å². The van der Waals surface area contributed by atoms with E-state index in [1.165, 1.54) is 18.5 Å². The molecule has 1 aromatic heterocycles. The van der Waals surface area contributed by atoms with E-state index < -0.39 is 0 Å². The lowest BCUT2D eigenvalue weighted by molar-refractivity contribution is 0.0740. The number of hydrogen-bond acceptors (Lipinski definition) is 2. The molecule has 1 amide bonds. The van der Waals surface area contributed by atoms with Crippen molar-refractivity contribution in [3.8, 4) is 0 Å². The highest BCUT2D eigenvalue weighted by Crippen LogP contribution is 2.38. The van der Waals surface area contributed by atoms with Gasteiger partial charge in [0.1, 0.15) is 0 Å². The zero-order valence-corrected chi connectivity index (χ0v) is 11.9. The Bertz CT molecular complexity index is 502. The third kappa shape index (κ3) is 2.08. The van der Waals surface area contributed by atoms with Crippen LogP contribution in [0, 0.1) is 13.8 Å². The van der Waals surface area contributed by atoms with Crippen molar-refractivity contribution >= 4 is 5.91 Å². The summed E-state index contributed by atoms with van der Waals surface area (Å²) >= 11 is 0. The summed E-state index contributed by atoms with van der Waals surface area (Å²) in [5.74, 6) is 0.174. The minimum Gasteiger partial charge on any atom is -0.345 e. The van der Waals surface area contributed by atoms with Gasteiger partial charge in [-0.25, -0.2) is 0 Å². The summed E-state index contributed by atoms with van der Waals surface area (Å²) in [6.45, 7) is 5.61. The van der Waals surface area contributed by atoms with Gasteiger partial charge in [-0.05, 0) is 45.6 Å². The van der Waals surface area contributed by atoms with Gasteiger partial charge in [0.25, 0.3) is 5.91 Å². The molecule has 4 heteroatoms. The predicted octanol–water partition coefficient (Wildman–Crippen LogP) is 2.00. The van der Waals surface area contributed by atoms with E-state index in [2.05, 4.69) is 24.5 Å². The molecule has 0 bridgehead atoms. The van der Waals surface area contributed by atoms with Gasteiger partial charge in [-0.15, -0.1) is 0 Å². The van der Waals surface area contributed by atoms with Crippen LogP contribution in [0.5, 0.6) is 0 Å². The maximum Gasteiger partial charge on any atom is 0.255 e. The van der Waals surface area contributed by atoms with Crippen LogP contribution in [0.1, 0.15) is 53.5 Å². The Balaban J connectivity index is 1.89. The number of carbonyl (C=O) groups excluding carboxylic acids is 1. The summed E-state index contributed by atoms with van der Waals surface area (Å²) in [5.41, 5.74) is 9.00. The Hall–Kier alpha value is -1.29. The molecule has 1 saturated heterocycles. The molecule has 1 aromatic rings. The first-order valence-electron chi connectivity index (χ1n) is 7.33. The first kappa shape index (κ1) is 12.7. The van der Waals surface area contributed by atoms with Crippen LogP contribution in [-0.4, -0.2) is 34.5 Å². The molecule has 2 aliphatic rings. The van der Waals surface area contributed by atoms with Crippen molar-refractivity contribution in [1.29, 1.82) is 0 Å². The fraction of sp³-hybridized carbons (Fsp3) is 0.667. The van der Waals surface area contributed by atoms with Crippen LogP contribution in [0.25, 0.3) is 0 Å². The molecule has 19 heavy (non-hydrogen) atoms. The van der Waals surface area contributed by atoms with E-state index in [1.807, 2.05) is 4.90 Å². The number of aryl methyl sites for hydroxylation is 1. The first-order chi connectivity index (χ1) is 9.13. The molecule has 1 unspecified atom stereocenters. The van der Waals surface area contributed by atoms with E-state index in [4.69, 9.17) is 5.73 Å². The third-order valence-electron chi connectivity index (χ3n) is 4.54. The molecular formula is C15H23N3O. The van der Waals surface area contributed by atoms with E-state index in [9.17, 15) is 4.79 Å². The normalized spacial score (nSPS) is 23.1. The van der Waals surface area contributed by atoms with Gasteiger partial charge in [-0.2, -0.15) is 0 Å². The maximum atomic E-state index is 12.7. The lowest BCUT2D eigenvalue weighted by atomic mass is 10.2. The van der Waals surface area contributed by atoms with Crippen LogP contribution in [-0.2, 0) is 0 Å². The van der Waals surface area contributed by atoms with Gasteiger partial charge < -0.3 is 15.2 Å². The molecule has 2 fully saturated rings. The van der Waals surface area contributed by atoms with E-state index in [0.29, 0.717) is 12.6 Å². The highest BCUT2D eigenvalue weighted by atomic mass is 16.2. The Morgan fingerprint density at radius 2 is 2.11 bits per heavy atom. The van der Waals surface area contributed by atoms with Crippen molar-refractivity contribution in [3.05, 3.63) is 23.0 Å². The van der Waals surface area contributed by atoms with Gasteiger partial charge in [0, 0.05) is 36.6 Å². The summed E-state index contributed by atoms with van der Waals surface area (Å²) in [4.78, 5) is 14.7. The molecule has 1 aliphatic carbocycles. The highest BCUT2D eigenvalue weighted by Gasteiger charge is 2.32. The van der Waals surface area contributed by atoms with Crippen molar-refractivity contribution in [2.24, 2.45) is 5.73 Å². The predicted molar refractivity (Wildman–Crippen MR) is 75.3 cm³/mol. The lowest BCUT2D eigenvalue weighted by Gasteiger charge is -2.23. The number of nitrogens with zero attached hydrogens (tertiary/aromatic N) is 2. The minimum absolute atomic E-state index is 0.174. The standard InChI is InChI=1S/C15H23N3O/c1-10-8-14(11(2)18(10)12-5-6-12)15(19)17-7-3-4-13(17)9-16/h8,12-13H,3-7,9,16H2,1-2H3. The van der Waals surface area contributed by atoms with Gasteiger partial charge in [-0.1, -0.05) is 0 Å². The summed E-state index contributed by atoms with van der Waals surface area (Å²) in [6.07, 6.45) is 4.62. The SMILES string of the molecule is Cc1cc(C(=O)N2CCCC2CN)c(C)n1C1CC1. The van der Waals surface area contributed by atoms with Gasteiger partial charge >= 0.3 is 0 Å². The number of hydrogen-bond donors (Lipinski definition) is 1. The van der Waals surface area contributed by atoms with Crippen LogP contribution >= 0.6 is 0 Å². The van der Waals surface area contributed by atoms with Crippen molar-refractivity contribution in [2.45, 2.75) is 51.6 Å². The zero-order chi connectivity index (χ0) is 13.6. The fourth-order valence-corrected chi connectivity index (χ4v) is 3.39. The molecule has 1 saturated carbocycles. The molecule has 3 rings (SSSR count). The number of nitrogens with two attached hydrogens (primary N) is 1. The van der Waals surface area contributed by atoms with Crippen LogP contribution in [0.2, 0.25) is 0 Å². The largest absolute Gasteiger partial charge is 0.345 e. The smallest absolute Gasteiger partial charge is 0.255 e. The molecule has 104 valence electrons. The number of aromatic nitrogens is 1. The number of amides is 1. The maximum absolute atomic E-state index is 12.7. The average Bonchev–Trinajstić information content (AvgIpc) is 3.02. The lowest BCUT2D eigenvalue weighted by Crippen LogP contribution is -2.40. The van der Waals surface area contributed by atoms with E-state index in [1.54, 1.807) is 0 Å². The molecule has 0 spiro atoms. The van der Waals surface area contributed by atoms with Crippen LogP contribution in [0.4, 0.5) is 0 Å². The Labute approximate surface area is 114 Å². The van der Waals surface area contributed by atoms with Crippen LogP contribution < -0.4 is 5.73 Å². The number of rotatable bonds is 3. The molecule has 1 atom stereocenters. The van der Waals surface area contributed by atoms with Gasteiger partial charge in [0.2, 0.25) is 0 Å². The summed E-state index contributed by atoms with van der Waals surface area (Å²) in [7, 11) is 0. The molecule has 1 aliphatic heterocycles. The second-order valence-electron chi connectivity index (χ2n) is 5.92. The average molecular weight is 261 g/mol. The molecule has 2 N–H and O–H groups in total. The topological polar surface area (TPSA) is 51.3 Å². The molecule has 2 heterocycles.